The summed E-state index contributed by atoms with van der Waals surface area (Å²) in [7, 11) is 0. The minimum atomic E-state index is -2.37. The van der Waals surface area contributed by atoms with E-state index in [0.717, 1.165) is 22.3 Å². The molecule has 9 aromatic rings. The van der Waals surface area contributed by atoms with Gasteiger partial charge in [0.2, 0.25) is 0 Å². The molecule has 0 aliphatic carbocycles. The van der Waals surface area contributed by atoms with Gasteiger partial charge in [0.05, 0.1) is 0 Å². The zero-order chi connectivity index (χ0) is 31.3. The molecule has 0 radical (unpaired) electrons. The van der Waals surface area contributed by atoms with Crippen molar-refractivity contribution < 1.29 is 21.2 Å². The van der Waals surface area contributed by atoms with Crippen molar-refractivity contribution in [3.8, 4) is 33.5 Å². The molecule has 0 amide bonds. The van der Waals surface area contributed by atoms with Gasteiger partial charge in [0.15, 0.2) is 0 Å². The van der Waals surface area contributed by atoms with Gasteiger partial charge < -0.3 is 0 Å². The molecule has 3 heterocycles. The monoisotopic (exact) mass is 835 g/mol. The first-order valence-corrected chi connectivity index (χ1v) is 21.5. The van der Waals surface area contributed by atoms with Crippen LogP contribution in [0.25, 0.3) is 76.9 Å². The zero-order valence-electron chi connectivity index (χ0n) is 25.6. The van der Waals surface area contributed by atoms with Crippen molar-refractivity contribution in [2.75, 3.05) is 0 Å². The molecule has 1 aromatic heterocycles. The number of benzene rings is 8. The molecule has 2 nitrogen and oxygen atoms in total. The normalized spacial score (nSPS) is 13.8. The number of hydrogen-bond donors (Lipinski definition) is 0. The number of rotatable bonds is 2. The number of hydrogen-bond acceptors (Lipinski definition) is 2. The molecular weight excluding hydrogens is 810 g/mol. The van der Waals surface area contributed by atoms with Gasteiger partial charge in [0.25, 0.3) is 0 Å². The maximum atomic E-state index is 5.64. The zero-order valence-corrected chi connectivity index (χ0v) is 29.9. The summed E-state index contributed by atoms with van der Waals surface area (Å²) in [5, 5.41) is 7.90. The van der Waals surface area contributed by atoms with Crippen molar-refractivity contribution in [1.82, 2.24) is 9.97 Å². The standard InChI is InChI=1S/C44H25I2N2/c1-2-13-28-25-29(22-21-26(28)11-1)43-44(48-37-20-10-9-19-36(37)47-43)46-35-18-8-7-17-33(35)38-31-15-5-6-16-32(31)40-39-30-14-4-3-12-27(30)23-24-34(39)45-41(40)42(38)46/h1-25H/q-1. The molecule has 2 aliphatic heterocycles. The number of fused-ring (bicyclic) bond motifs is 14. The topological polar surface area (TPSA) is 25.8 Å². The first-order chi connectivity index (χ1) is 23.8. The van der Waals surface area contributed by atoms with Crippen LogP contribution in [0, 0.1) is 18.0 Å². The predicted octanol–water partition coefficient (Wildman–Crippen LogP) is 8.26. The number of para-hydroxylation sites is 2. The molecule has 0 fully saturated rings. The number of halogens is 2. The molecule has 11 rings (SSSR count). The van der Waals surface area contributed by atoms with Crippen LogP contribution in [-0.4, -0.2) is 9.97 Å². The van der Waals surface area contributed by atoms with Gasteiger partial charge in [-0.25, -0.2) is 0 Å². The Morgan fingerprint density at radius 3 is 1.98 bits per heavy atom. The molecule has 8 aromatic carbocycles. The van der Waals surface area contributed by atoms with Crippen LogP contribution >= 0.6 is 19.8 Å². The van der Waals surface area contributed by atoms with Crippen molar-refractivity contribution in [1.29, 1.82) is 0 Å². The summed E-state index contributed by atoms with van der Waals surface area (Å²) in [6, 6.07) is 55.9. The Morgan fingerprint density at radius 2 is 1.12 bits per heavy atom. The first kappa shape index (κ1) is 27.3. The third-order valence-electron chi connectivity index (χ3n) is 9.69. The fourth-order valence-corrected chi connectivity index (χ4v) is 19.3. The summed E-state index contributed by atoms with van der Waals surface area (Å²) in [5.41, 5.74) is 9.87. The van der Waals surface area contributed by atoms with Gasteiger partial charge in [-0.3, -0.25) is 0 Å². The third-order valence-corrected chi connectivity index (χ3v) is 19.9. The summed E-state index contributed by atoms with van der Waals surface area (Å²) >= 11 is -2.78. The van der Waals surface area contributed by atoms with Gasteiger partial charge in [-0.1, -0.05) is 0 Å². The molecule has 4 heteroatoms. The molecule has 0 atom stereocenters. The molecule has 226 valence electrons. The van der Waals surface area contributed by atoms with Gasteiger partial charge in [0, 0.05) is 0 Å². The Hall–Kier alpha value is -4.66. The van der Waals surface area contributed by atoms with E-state index in [0.29, 0.717) is 0 Å². The second-order valence-corrected chi connectivity index (χ2v) is 20.0. The first-order valence-electron chi connectivity index (χ1n) is 16.1. The van der Waals surface area contributed by atoms with E-state index in [9.17, 15) is 0 Å². The number of nitrogens with zero attached hydrogens (tertiary/aromatic N) is 2. The molecule has 0 bridgehead atoms. The SMILES string of the molecule is c1ccc2c(c1)-c1c(c3c(c4ccccc14)-c1c(ccc4ccccc14)[I-]3)I2c1nc2ccccc2nc1-c1ccc2ccccc2c1. The summed E-state index contributed by atoms with van der Waals surface area (Å²) in [6.45, 7) is 0. The van der Waals surface area contributed by atoms with E-state index in [-0.39, 0.29) is 0 Å². The molecule has 0 N–H and O–H groups in total. The Balaban J connectivity index is 1.28. The Kier molecular flexibility index (Phi) is 5.93. The Bertz CT molecular complexity index is 2840. The van der Waals surface area contributed by atoms with E-state index in [1.807, 2.05) is 0 Å². The summed E-state index contributed by atoms with van der Waals surface area (Å²) in [5.74, 6) is 0. The van der Waals surface area contributed by atoms with Crippen LogP contribution < -0.4 is 21.2 Å². The van der Waals surface area contributed by atoms with Crippen LogP contribution in [0.1, 0.15) is 0 Å². The van der Waals surface area contributed by atoms with Crippen LogP contribution in [0.2, 0.25) is 0 Å². The van der Waals surface area contributed by atoms with E-state index < -0.39 is 41.0 Å². The van der Waals surface area contributed by atoms with Crippen LogP contribution in [0.5, 0.6) is 0 Å². The molecule has 0 saturated carbocycles. The van der Waals surface area contributed by atoms with Gasteiger partial charge in [-0.05, 0) is 0 Å². The van der Waals surface area contributed by atoms with Crippen LogP contribution in [-0.2, 0) is 0 Å². The van der Waals surface area contributed by atoms with Crippen molar-refractivity contribution >= 4 is 63.2 Å². The Labute approximate surface area is 295 Å². The van der Waals surface area contributed by atoms with Gasteiger partial charge >= 0.3 is 297 Å². The average Bonchev–Trinajstić information content (AvgIpc) is 3.71. The molecule has 2 aliphatic rings. The van der Waals surface area contributed by atoms with Crippen LogP contribution in [0.3, 0.4) is 0 Å². The molecular formula is C44H25I2N2-. The van der Waals surface area contributed by atoms with E-state index in [4.69, 9.17) is 9.97 Å². The van der Waals surface area contributed by atoms with E-state index in [1.165, 1.54) is 65.4 Å². The maximum absolute atomic E-state index is 5.64. The van der Waals surface area contributed by atoms with Crippen molar-refractivity contribution in [2.45, 2.75) is 0 Å². The van der Waals surface area contributed by atoms with Gasteiger partial charge in [0.1, 0.15) is 0 Å². The van der Waals surface area contributed by atoms with Crippen molar-refractivity contribution in [2.24, 2.45) is 0 Å². The van der Waals surface area contributed by atoms with E-state index in [2.05, 4.69) is 152 Å². The molecule has 0 saturated heterocycles. The van der Waals surface area contributed by atoms with Crippen LogP contribution in [0.4, 0.5) is 0 Å². The summed E-state index contributed by atoms with van der Waals surface area (Å²) < 4.78 is 7.41. The van der Waals surface area contributed by atoms with E-state index in [1.54, 1.807) is 7.14 Å². The molecule has 0 spiro atoms. The second-order valence-electron chi connectivity index (χ2n) is 12.3. The summed E-state index contributed by atoms with van der Waals surface area (Å²) in [4.78, 5) is 11.1. The minimum absolute atomic E-state index is 0.408. The molecule has 48 heavy (non-hydrogen) atoms. The van der Waals surface area contributed by atoms with Gasteiger partial charge in [-0.15, -0.1) is 0 Å². The van der Waals surface area contributed by atoms with Crippen molar-refractivity contribution in [3.63, 3.8) is 0 Å². The van der Waals surface area contributed by atoms with E-state index >= 15 is 0 Å². The fraction of sp³-hybridized carbons (Fsp3) is 0. The molecule has 0 unspecified atom stereocenters. The average molecular weight is 836 g/mol. The Morgan fingerprint density at radius 1 is 0.479 bits per heavy atom. The predicted molar refractivity (Wildman–Crippen MR) is 202 cm³/mol. The van der Waals surface area contributed by atoms with Crippen LogP contribution in [0.15, 0.2) is 152 Å². The fourth-order valence-electron chi connectivity index (χ4n) is 7.58. The van der Waals surface area contributed by atoms with Gasteiger partial charge in [-0.2, -0.15) is 0 Å². The third kappa shape index (κ3) is 3.84. The second kappa shape index (κ2) is 10.4. The van der Waals surface area contributed by atoms with Crippen molar-refractivity contribution in [3.05, 3.63) is 170 Å². The quantitative estimate of drug-likeness (QED) is 0.164. The summed E-state index contributed by atoms with van der Waals surface area (Å²) in [6.07, 6.45) is 0. The number of aromatic nitrogens is 2.